The number of hydrogen-bond donors (Lipinski definition) is 4. The summed E-state index contributed by atoms with van der Waals surface area (Å²) in [5.41, 5.74) is 25.1. The number of benzene rings is 3. The topological polar surface area (TPSA) is 148 Å². The lowest BCUT2D eigenvalue weighted by molar-refractivity contribution is 0.0904. The van der Waals surface area contributed by atoms with E-state index in [0.29, 0.717) is 52.5 Å². The molecule has 0 atom stereocenters. The highest BCUT2D eigenvalue weighted by atomic mass is 19.1. The second-order valence-electron chi connectivity index (χ2n) is 12.8. The van der Waals surface area contributed by atoms with Gasteiger partial charge in [-0.2, -0.15) is 4.99 Å². The van der Waals surface area contributed by atoms with Crippen LogP contribution in [-0.2, 0) is 11.2 Å². The minimum atomic E-state index is -0.687. The van der Waals surface area contributed by atoms with Crippen molar-refractivity contribution in [1.29, 1.82) is 0 Å². The third-order valence-corrected chi connectivity index (χ3v) is 9.20. The molecule has 0 saturated carbocycles. The number of amides is 1. The van der Waals surface area contributed by atoms with Crippen LogP contribution in [0.1, 0.15) is 45.5 Å². The number of piperazine rings is 1. The molecule has 3 heterocycles. The molecule has 2 aliphatic heterocycles. The molecule has 2 fully saturated rings. The van der Waals surface area contributed by atoms with Gasteiger partial charge in [-0.25, -0.2) is 13.8 Å². The Morgan fingerprint density at radius 2 is 1.67 bits per heavy atom. The van der Waals surface area contributed by atoms with Gasteiger partial charge in [0.25, 0.3) is 5.91 Å². The molecule has 2 saturated heterocycles. The second kappa shape index (κ2) is 14.6. The zero-order valence-corrected chi connectivity index (χ0v) is 27.8. The Labute approximate surface area is 285 Å². The molecule has 6 rings (SSSR count). The van der Waals surface area contributed by atoms with Gasteiger partial charge in [-0.1, -0.05) is 0 Å². The molecule has 0 radical (unpaired) electrons. The van der Waals surface area contributed by atoms with Gasteiger partial charge in [-0.3, -0.25) is 4.79 Å². The van der Waals surface area contributed by atoms with Crippen LogP contribution < -0.4 is 27.4 Å². The lowest BCUT2D eigenvalue weighted by atomic mass is 9.90. The van der Waals surface area contributed by atoms with Crippen molar-refractivity contribution in [1.82, 2.24) is 9.88 Å². The molecule has 3 aromatic carbocycles. The van der Waals surface area contributed by atoms with E-state index < -0.39 is 17.5 Å². The number of ether oxygens (including phenoxy) is 1. The summed E-state index contributed by atoms with van der Waals surface area (Å²) in [5, 5.41) is 3.57. The Kier molecular flexibility index (Phi) is 10.1. The number of carbonyl (C=O) groups excluding carboxylic acids is 1. The molecule has 256 valence electrons. The van der Waals surface area contributed by atoms with Crippen LogP contribution >= 0.6 is 0 Å². The first-order valence-electron chi connectivity index (χ1n) is 16.4. The van der Waals surface area contributed by atoms with Crippen molar-refractivity contribution in [3.05, 3.63) is 100 Å². The number of amidine groups is 1. The Morgan fingerprint density at radius 1 is 0.959 bits per heavy atom. The first kappa shape index (κ1) is 33.8. The molecule has 0 aliphatic carbocycles. The monoisotopic (exact) mass is 668 g/mol. The summed E-state index contributed by atoms with van der Waals surface area (Å²) in [7, 11) is 2.11. The number of hydrogen-bond acceptors (Lipinski definition) is 8. The SMILES string of the molecule is Cc1cc(N)ncc1-c1cc(N)c(C(N)=NC(=O)c2ccc(N3CCN(C)CC3)cc2NC2CCOCC2)cc1Cc1cc(F)cc(F)c1. The van der Waals surface area contributed by atoms with Crippen molar-refractivity contribution >= 4 is 34.6 Å². The van der Waals surface area contributed by atoms with E-state index in [0.717, 1.165) is 61.9 Å². The first-order chi connectivity index (χ1) is 23.5. The second-order valence-corrected chi connectivity index (χ2v) is 12.8. The molecule has 12 heteroatoms. The summed E-state index contributed by atoms with van der Waals surface area (Å²) in [6, 6.07) is 14.4. The van der Waals surface area contributed by atoms with Gasteiger partial charge in [0.15, 0.2) is 0 Å². The minimum absolute atomic E-state index is 0.0759. The first-order valence-corrected chi connectivity index (χ1v) is 16.4. The summed E-state index contributed by atoms with van der Waals surface area (Å²) >= 11 is 0. The van der Waals surface area contributed by atoms with Gasteiger partial charge in [0, 0.05) is 85.9 Å². The highest BCUT2D eigenvalue weighted by molar-refractivity contribution is 6.13. The van der Waals surface area contributed by atoms with Crippen molar-refractivity contribution in [2.24, 2.45) is 10.7 Å². The van der Waals surface area contributed by atoms with E-state index >= 15 is 0 Å². The van der Waals surface area contributed by atoms with Crippen LogP contribution in [0.2, 0.25) is 0 Å². The molecule has 0 spiro atoms. The van der Waals surface area contributed by atoms with Crippen LogP contribution in [0.5, 0.6) is 0 Å². The quantitative estimate of drug-likeness (QED) is 0.116. The number of halogens is 2. The third-order valence-electron chi connectivity index (χ3n) is 9.20. The van der Waals surface area contributed by atoms with Crippen LogP contribution in [-0.4, -0.2) is 74.1 Å². The number of anilines is 4. The fourth-order valence-electron chi connectivity index (χ4n) is 6.46. The van der Waals surface area contributed by atoms with Gasteiger partial charge < -0.3 is 37.1 Å². The number of nitrogen functional groups attached to an aromatic ring is 2. The Hall–Kier alpha value is -5.07. The number of aryl methyl sites for hydroxylation is 1. The number of carbonyl (C=O) groups is 1. The Balaban J connectivity index is 1.37. The Morgan fingerprint density at radius 3 is 2.37 bits per heavy atom. The number of likely N-dealkylation sites (N-methyl/N-ethyl adjacent to an activating group) is 1. The summed E-state index contributed by atoms with van der Waals surface area (Å²) in [5.74, 6) is -1.61. The maximum absolute atomic E-state index is 14.2. The van der Waals surface area contributed by atoms with Gasteiger partial charge in [0.2, 0.25) is 0 Å². The molecule has 0 unspecified atom stereocenters. The summed E-state index contributed by atoms with van der Waals surface area (Å²) in [6.45, 7) is 6.86. The van der Waals surface area contributed by atoms with E-state index in [9.17, 15) is 13.6 Å². The number of nitrogens with zero attached hydrogens (tertiary/aromatic N) is 4. The molecule has 2 aliphatic rings. The maximum Gasteiger partial charge on any atom is 0.281 e. The van der Waals surface area contributed by atoms with Gasteiger partial charge in [-0.05, 0) is 104 Å². The number of aromatic nitrogens is 1. The lowest BCUT2D eigenvalue weighted by Crippen LogP contribution is -2.44. The fourth-order valence-corrected chi connectivity index (χ4v) is 6.46. The van der Waals surface area contributed by atoms with E-state index in [-0.39, 0.29) is 24.0 Å². The third kappa shape index (κ3) is 7.98. The number of rotatable bonds is 8. The van der Waals surface area contributed by atoms with Crippen molar-refractivity contribution in [2.45, 2.75) is 32.2 Å². The molecule has 1 aromatic heterocycles. The van der Waals surface area contributed by atoms with E-state index in [2.05, 4.69) is 32.1 Å². The summed E-state index contributed by atoms with van der Waals surface area (Å²) in [4.78, 5) is 27.0. The molecule has 10 nitrogen and oxygen atoms in total. The van der Waals surface area contributed by atoms with Crippen molar-refractivity contribution < 1.29 is 18.3 Å². The molecule has 7 N–H and O–H groups in total. The molecule has 49 heavy (non-hydrogen) atoms. The molecule has 4 aromatic rings. The zero-order chi connectivity index (χ0) is 34.7. The predicted octanol–water partition coefficient (Wildman–Crippen LogP) is 4.98. The van der Waals surface area contributed by atoms with E-state index in [1.807, 2.05) is 19.1 Å². The van der Waals surface area contributed by atoms with Crippen LogP contribution in [0.3, 0.4) is 0 Å². The largest absolute Gasteiger partial charge is 0.398 e. The Bertz CT molecular complexity index is 1860. The van der Waals surface area contributed by atoms with Gasteiger partial charge in [0.1, 0.15) is 23.3 Å². The molecule has 0 bridgehead atoms. The zero-order valence-electron chi connectivity index (χ0n) is 27.8. The smallest absolute Gasteiger partial charge is 0.281 e. The van der Waals surface area contributed by atoms with Crippen LogP contribution in [0.15, 0.2) is 65.8 Å². The summed E-state index contributed by atoms with van der Waals surface area (Å²) in [6.07, 6.45) is 3.42. The summed E-state index contributed by atoms with van der Waals surface area (Å²) < 4.78 is 33.9. The maximum atomic E-state index is 14.2. The normalized spacial score (nSPS) is 16.2. The minimum Gasteiger partial charge on any atom is -0.398 e. The van der Waals surface area contributed by atoms with Crippen LogP contribution in [0.4, 0.5) is 31.7 Å². The fraction of sp³-hybridized carbons (Fsp3) is 0.324. The number of aliphatic imine (C=N–C) groups is 1. The van der Waals surface area contributed by atoms with Crippen LogP contribution in [0, 0.1) is 18.6 Å². The van der Waals surface area contributed by atoms with Crippen molar-refractivity contribution in [3.8, 4) is 11.1 Å². The van der Waals surface area contributed by atoms with Gasteiger partial charge >= 0.3 is 0 Å². The van der Waals surface area contributed by atoms with Gasteiger partial charge in [0.05, 0.1) is 5.56 Å². The van der Waals surface area contributed by atoms with Crippen molar-refractivity contribution in [3.63, 3.8) is 0 Å². The van der Waals surface area contributed by atoms with E-state index in [1.165, 1.54) is 12.1 Å². The lowest BCUT2D eigenvalue weighted by Gasteiger charge is -2.34. The highest BCUT2D eigenvalue weighted by Crippen LogP contribution is 2.33. The van der Waals surface area contributed by atoms with Crippen LogP contribution in [0.25, 0.3) is 11.1 Å². The molecule has 1 amide bonds. The standard InChI is InChI=1S/C37H42F2N8O2/c1-22-13-35(41)43-21-32(22)30-20-33(40)31(17-24(30)14-23-15-25(38)18-26(39)16-23)36(42)45-37(48)29-4-3-28(47-9-7-46(2)8-10-47)19-34(29)44-27-5-11-49-12-6-27/h3-4,13,15-21,27,44H,5-12,14,40H2,1-2H3,(H2,41,43)(H2,42,45,48). The van der Waals surface area contributed by atoms with E-state index in [4.69, 9.17) is 21.9 Å². The molecular weight excluding hydrogens is 626 g/mol. The number of nitrogens with two attached hydrogens (primary N) is 3. The average molecular weight is 669 g/mol. The molecular formula is C37H42F2N8O2. The highest BCUT2D eigenvalue weighted by Gasteiger charge is 2.22. The number of nitrogens with one attached hydrogen (secondary N) is 1. The van der Waals surface area contributed by atoms with Gasteiger partial charge in [-0.15, -0.1) is 0 Å². The predicted molar refractivity (Wildman–Crippen MR) is 191 cm³/mol. The van der Waals surface area contributed by atoms with E-state index in [1.54, 1.807) is 30.5 Å². The number of pyridine rings is 1. The average Bonchev–Trinajstić information content (AvgIpc) is 3.06. The van der Waals surface area contributed by atoms with Crippen molar-refractivity contribution in [2.75, 3.05) is 68.1 Å².